The number of H-pyrrole nitrogens is 1. The van der Waals surface area contributed by atoms with Crippen LogP contribution >= 0.6 is 11.3 Å². The zero-order valence-electron chi connectivity index (χ0n) is 52.0. The number of carbonyl (C=O) groups is 4. The number of aliphatic hydroxyl groups excluding tert-OH is 1. The molecule has 21 nitrogen and oxygen atoms in total. The number of nitrogens with zero attached hydrogens (tertiary/aromatic N) is 5. The van der Waals surface area contributed by atoms with Gasteiger partial charge in [-0.3, -0.25) is 29.2 Å². The highest BCUT2D eigenvalue weighted by Gasteiger charge is 2.39. The Balaban J connectivity index is 0.592. The highest BCUT2D eigenvalue weighted by atomic mass is 32.1. The lowest BCUT2D eigenvalue weighted by atomic mass is 9.86. The SMILES string of the molecule is Cc1ncsc1-c1ccc(CNC(=O)[C@@H]2C[C@@H](O)CN2C[C@@H](NC(=O)CCOCCOCCOCCOCCOCCC(=O)N2CCN(c3ccc(C(=O)Nc4n[nH]c5ccc(Cc6cc(F)cc(F)c6)cc45)c(NC4CCOCC4)c3)CC2)C(C)(C)C)cc1. The second kappa shape index (κ2) is 33.4. The molecule has 0 aliphatic carbocycles. The van der Waals surface area contributed by atoms with Crippen molar-refractivity contribution in [3.63, 3.8) is 0 Å². The molecule has 486 valence electrons. The highest BCUT2D eigenvalue weighted by molar-refractivity contribution is 7.13. The summed E-state index contributed by atoms with van der Waals surface area (Å²) in [5.41, 5.74) is 8.61. The van der Waals surface area contributed by atoms with Gasteiger partial charge in [0.05, 0.1) is 112 Å². The number of thiazole rings is 1. The van der Waals surface area contributed by atoms with Gasteiger partial charge in [0.15, 0.2) is 5.82 Å². The summed E-state index contributed by atoms with van der Waals surface area (Å²) in [7, 11) is 0. The fraction of sp³-hybridized carbons (Fsp3) is 0.515. The van der Waals surface area contributed by atoms with E-state index in [1.165, 1.54) is 12.1 Å². The maximum Gasteiger partial charge on any atom is 0.258 e. The maximum absolute atomic E-state index is 14.0. The lowest BCUT2D eigenvalue weighted by Gasteiger charge is -2.36. The number of rotatable bonds is 32. The number of β-amino-alcohol motifs (C(OH)–C–C–N with tert-alkyl or cyclic N) is 1. The molecule has 24 heteroatoms. The molecule has 3 fully saturated rings. The number of amides is 4. The van der Waals surface area contributed by atoms with Gasteiger partial charge in [-0.05, 0) is 103 Å². The zero-order valence-corrected chi connectivity index (χ0v) is 52.8. The summed E-state index contributed by atoms with van der Waals surface area (Å²) in [4.78, 5) is 65.3. The van der Waals surface area contributed by atoms with E-state index in [1.807, 2.05) is 104 Å². The van der Waals surface area contributed by atoms with Crippen molar-refractivity contribution >= 4 is 63.1 Å². The number of nitrogens with one attached hydrogen (secondary N) is 5. The molecular weight excluding hydrogens is 1180 g/mol. The number of aromatic nitrogens is 3. The van der Waals surface area contributed by atoms with E-state index in [0.717, 1.165) is 51.9 Å². The summed E-state index contributed by atoms with van der Waals surface area (Å²) in [5.74, 6) is -1.58. The number of aryl methyl sites for hydroxylation is 1. The largest absolute Gasteiger partial charge is 0.392 e. The highest BCUT2D eigenvalue weighted by Crippen LogP contribution is 2.32. The van der Waals surface area contributed by atoms with Crippen LogP contribution in [0.3, 0.4) is 0 Å². The molecule has 0 bridgehead atoms. The smallest absolute Gasteiger partial charge is 0.258 e. The number of piperazine rings is 1. The molecule has 5 heterocycles. The summed E-state index contributed by atoms with van der Waals surface area (Å²) in [5, 5.41) is 31.4. The third-order valence-corrected chi connectivity index (χ3v) is 17.3. The lowest BCUT2D eigenvalue weighted by molar-refractivity contribution is -0.133. The molecule has 3 aliphatic heterocycles. The molecule has 0 saturated carbocycles. The van der Waals surface area contributed by atoms with Gasteiger partial charge in [0.1, 0.15) is 11.6 Å². The van der Waals surface area contributed by atoms with E-state index in [1.54, 1.807) is 11.3 Å². The maximum atomic E-state index is 14.0. The standard InChI is InChI=1S/C66H86F2N10O11S/c1-44-62(90-43-70-44)48-8-5-45(6-9-48)40-69-65(83)58-39-53(79)41-78(58)42-59(66(2,3)4)72-60(80)15-23-85-25-27-87-29-31-89-32-30-88-28-26-86-24-16-61(81)77-19-17-76(18-20-77)52-10-11-54(57(38-52)71-51-13-21-84-22-14-51)64(82)73-63-55-36-46(7-12-56(55)74-75-63)33-47-34-49(67)37-50(68)35-47/h5-12,34-38,43,51,53,58-59,71,79H,13-33,39-42H2,1-4H3,(H,69,83)(H,72,80)(H2,73,74,75,82)/t53-,58+,59-/m1/s1. The molecular formula is C66H86F2N10O11S. The molecule has 6 N–H and O–H groups in total. The minimum atomic E-state index is -0.643. The van der Waals surface area contributed by atoms with Crippen molar-refractivity contribution in [3.8, 4) is 10.4 Å². The molecule has 3 aliphatic rings. The normalized spacial score (nSPS) is 17.0. The summed E-state index contributed by atoms with van der Waals surface area (Å²) >= 11 is 1.60. The van der Waals surface area contributed by atoms with Crippen molar-refractivity contribution < 1.29 is 61.5 Å². The first kappa shape index (κ1) is 67.4. The molecule has 2 aromatic heterocycles. The first-order chi connectivity index (χ1) is 43.5. The third kappa shape index (κ3) is 20.0. The van der Waals surface area contributed by atoms with Gasteiger partial charge >= 0.3 is 0 Å². The molecule has 90 heavy (non-hydrogen) atoms. The number of ether oxygens (including phenoxy) is 6. The quantitative estimate of drug-likeness (QED) is 0.0224. The van der Waals surface area contributed by atoms with E-state index in [9.17, 15) is 33.1 Å². The molecule has 0 radical (unpaired) electrons. The van der Waals surface area contributed by atoms with Crippen LogP contribution in [0.15, 0.2) is 84.4 Å². The van der Waals surface area contributed by atoms with Gasteiger partial charge < -0.3 is 64.6 Å². The van der Waals surface area contributed by atoms with Gasteiger partial charge in [-0.2, -0.15) is 5.10 Å². The molecule has 3 atom stereocenters. The van der Waals surface area contributed by atoms with Crippen molar-refractivity contribution in [2.45, 2.75) is 97.0 Å². The average molecular weight is 1270 g/mol. The van der Waals surface area contributed by atoms with E-state index < -0.39 is 23.8 Å². The minimum Gasteiger partial charge on any atom is -0.392 e. The third-order valence-electron chi connectivity index (χ3n) is 16.3. The van der Waals surface area contributed by atoms with Crippen LogP contribution in [0.4, 0.5) is 26.0 Å². The van der Waals surface area contributed by atoms with Gasteiger partial charge in [-0.15, -0.1) is 11.3 Å². The monoisotopic (exact) mass is 1260 g/mol. The second-order valence-corrected chi connectivity index (χ2v) is 24.9. The fourth-order valence-corrected chi connectivity index (χ4v) is 12.0. The van der Waals surface area contributed by atoms with Crippen LogP contribution in [0.2, 0.25) is 0 Å². The Bertz CT molecular complexity index is 3280. The number of aromatic amines is 1. The number of carbonyl (C=O) groups excluding carboxylic acids is 4. The van der Waals surface area contributed by atoms with E-state index in [0.29, 0.717) is 158 Å². The van der Waals surface area contributed by atoms with Gasteiger partial charge in [-0.1, -0.05) is 51.1 Å². The Hall–Kier alpha value is -7.00. The van der Waals surface area contributed by atoms with Crippen LogP contribution in [0.25, 0.3) is 21.3 Å². The van der Waals surface area contributed by atoms with Crippen molar-refractivity contribution in [1.82, 2.24) is 35.6 Å². The Morgan fingerprint density at radius 1 is 0.778 bits per heavy atom. The number of benzene rings is 4. The van der Waals surface area contributed by atoms with Crippen LogP contribution in [0.1, 0.15) is 85.6 Å². The number of anilines is 3. The van der Waals surface area contributed by atoms with Crippen molar-refractivity contribution in [1.29, 1.82) is 0 Å². The zero-order chi connectivity index (χ0) is 63.4. The molecule has 0 spiro atoms. The van der Waals surface area contributed by atoms with Gasteiger partial charge in [0.2, 0.25) is 17.7 Å². The van der Waals surface area contributed by atoms with Crippen LogP contribution in [0, 0.1) is 24.0 Å². The molecule has 6 aromatic rings. The summed E-state index contributed by atoms with van der Waals surface area (Å²) in [6.07, 6.45) is 1.98. The first-order valence-corrected chi connectivity index (χ1v) is 32.0. The number of halogens is 2. The second-order valence-electron chi connectivity index (χ2n) is 24.1. The Labute approximate surface area is 528 Å². The number of likely N-dealkylation sites (tertiary alicyclic amines) is 1. The number of hydrogen-bond acceptors (Lipinski definition) is 17. The fourth-order valence-electron chi connectivity index (χ4n) is 11.2. The van der Waals surface area contributed by atoms with Gasteiger partial charge in [-0.25, -0.2) is 13.8 Å². The van der Waals surface area contributed by atoms with Gasteiger partial charge in [0.25, 0.3) is 5.91 Å². The average Bonchev–Trinajstić information content (AvgIpc) is 2.42. The van der Waals surface area contributed by atoms with Crippen molar-refractivity contribution in [2.75, 3.05) is 134 Å². The van der Waals surface area contributed by atoms with Crippen LogP contribution in [-0.4, -0.2) is 196 Å². The predicted octanol–water partition coefficient (Wildman–Crippen LogP) is 7.50. The Morgan fingerprint density at radius 3 is 2.07 bits per heavy atom. The van der Waals surface area contributed by atoms with E-state index in [-0.39, 0.29) is 67.2 Å². The van der Waals surface area contributed by atoms with E-state index >= 15 is 0 Å². The molecule has 3 saturated heterocycles. The first-order valence-electron chi connectivity index (χ1n) is 31.1. The van der Waals surface area contributed by atoms with Crippen LogP contribution in [0.5, 0.6) is 0 Å². The summed E-state index contributed by atoms with van der Waals surface area (Å²) in [6.45, 7) is 16.2. The molecule has 9 rings (SSSR count). The Kier molecular flexibility index (Phi) is 25.0. The number of aliphatic hydroxyl groups is 1. The van der Waals surface area contributed by atoms with E-state index in [4.69, 9.17) is 28.4 Å². The topological polar surface area (TPSA) is 243 Å². The Morgan fingerprint density at radius 2 is 1.42 bits per heavy atom. The van der Waals surface area contributed by atoms with Gasteiger partial charge in [0, 0.05) is 100 Å². The van der Waals surface area contributed by atoms with Crippen molar-refractivity contribution in [3.05, 3.63) is 124 Å². The van der Waals surface area contributed by atoms with E-state index in [2.05, 4.69) is 41.3 Å². The predicted molar refractivity (Wildman–Crippen MR) is 341 cm³/mol. The van der Waals surface area contributed by atoms with Crippen LogP contribution in [-0.2, 0) is 55.8 Å². The lowest BCUT2D eigenvalue weighted by Crippen LogP contribution is -2.54. The summed E-state index contributed by atoms with van der Waals surface area (Å²) < 4.78 is 61.8. The number of fused-ring (bicyclic) bond motifs is 1. The van der Waals surface area contributed by atoms with Crippen LogP contribution < -0.4 is 26.2 Å². The molecule has 0 unspecified atom stereocenters. The molecule has 4 amide bonds. The molecule has 4 aromatic carbocycles. The minimum absolute atomic E-state index is 0.0215. The number of hydrogen-bond donors (Lipinski definition) is 6. The van der Waals surface area contributed by atoms with Crippen molar-refractivity contribution in [2.24, 2.45) is 5.41 Å². The summed E-state index contributed by atoms with van der Waals surface area (Å²) in [6, 6.07) is 22.1.